The summed E-state index contributed by atoms with van der Waals surface area (Å²) in [4.78, 5) is 11.4. The van der Waals surface area contributed by atoms with Gasteiger partial charge in [-0.05, 0) is 67.1 Å². The Morgan fingerprint density at radius 3 is 1.91 bits per heavy atom. The zero-order chi connectivity index (χ0) is 24.7. The minimum atomic E-state index is -5.08. The molecule has 0 aliphatic heterocycles. The monoisotopic (exact) mass is 472 g/mol. The highest BCUT2D eigenvalue weighted by Crippen LogP contribution is 2.23. The lowest BCUT2D eigenvalue weighted by Gasteiger charge is -2.33. The third kappa shape index (κ3) is 9.59. The first-order valence-electron chi connectivity index (χ1n) is 10.2. The number of benzene rings is 2. The number of nitrogens with zero attached hydrogens (tertiary/aromatic N) is 1. The Morgan fingerprint density at radius 2 is 1.50 bits per heavy atom. The lowest BCUT2D eigenvalue weighted by atomic mass is 9.92. The van der Waals surface area contributed by atoms with Gasteiger partial charge in [-0.2, -0.15) is 13.2 Å². The number of carboxylic acids is 1. The second kappa shape index (κ2) is 11.7. The summed E-state index contributed by atoms with van der Waals surface area (Å²) >= 11 is 6.03. The van der Waals surface area contributed by atoms with Gasteiger partial charge < -0.3 is 10.8 Å². The summed E-state index contributed by atoms with van der Waals surface area (Å²) in [5, 5.41) is 7.91. The van der Waals surface area contributed by atoms with Crippen molar-refractivity contribution in [2.24, 2.45) is 11.1 Å². The summed E-state index contributed by atoms with van der Waals surface area (Å²) in [6.45, 7) is 14.5. The van der Waals surface area contributed by atoms with E-state index in [2.05, 4.69) is 63.8 Å². The van der Waals surface area contributed by atoms with Crippen molar-refractivity contribution in [2.45, 2.75) is 53.9 Å². The van der Waals surface area contributed by atoms with Crippen LogP contribution in [-0.2, 0) is 17.9 Å². The highest BCUT2D eigenvalue weighted by atomic mass is 35.5. The second-order valence-corrected chi connectivity index (χ2v) is 9.26. The Labute approximate surface area is 193 Å². The van der Waals surface area contributed by atoms with E-state index in [1.807, 2.05) is 12.1 Å². The Kier molecular flexibility index (Phi) is 10.2. The first kappa shape index (κ1) is 27.9. The molecule has 0 saturated heterocycles. The molecule has 0 aliphatic carbocycles. The molecule has 0 aliphatic rings. The number of hydrogen-bond acceptors (Lipinski definition) is 3. The summed E-state index contributed by atoms with van der Waals surface area (Å²) in [6.07, 6.45) is -5.08. The molecule has 2 rings (SSSR count). The van der Waals surface area contributed by atoms with Crippen molar-refractivity contribution in [3.8, 4) is 0 Å². The molecule has 0 saturated carbocycles. The smallest absolute Gasteiger partial charge is 0.475 e. The van der Waals surface area contributed by atoms with E-state index in [0.29, 0.717) is 6.54 Å². The third-order valence-electron chi connectivity index (χ3n) is 4.99. The molecule has 0 spiro atoms. The molecule has 178 valence electrons. The van der Waals surface area contributed by atoms with Gasteiger partial charge in [0.15, 0.2) is 0 Å². The molecule has 0 atom stereocenters. The van der Waals surface area contributed by atoms with E-state index < -0.39 is 12.1 Å². The molecule has 0 radical (unpaired) electrons. The van der Waals surface area contributed by atoms with E-state index in [9.17, 15) is 13.2 Å². The van der Waals surface area contributed by atoms with Gasteiger partial charge in [0.1, 0.15) is 0 Å². The van der Waals surface area contributed by atoms with Crippen molar-refractivity contribution >= 4 is 17.6 Å². The Bertz CT molecular complexity index is 874. The molecule has 4 nitrogen and oxygen atoms in total. The number of nitrogens with two attached hydrogens (primary N) is 1. The standard InChI is InChI=1S/C22H31ClN2.C2HF3O2/c1-16-10-17(2)21(18(3)11-16)13-25(15-22(4,5)14-24)12-19-6-8-20(23)9-7-19;3-2(4,5)1(6)7/h6-11H,12-15,24H2,1-5H3;(H,6,7). The predicted octanol–water partition coefficient (Wildman–Crippen LogP) is 5.89. The number of carboxylic acid groups (broad SMARTS) is 1. The van der Waals surface area contributed by atoms with Crippen LogP contribution in [0.1, 0.15) is 41.7 Å². The number of rotatable bonds is 7. The van der Waals surface area contributed by atoms with E-state index in [-0.39, 0.29) is 5.41 Å². The van der Waals surface area contributed by atoms with Gasteiger partial charge in [-0.15, -0.1) is 0 Å². The van der Waals surface area contributed by atoms with Crippen LogP contribution in [0.15, 0.2) is 36.4 Å². The molecule has 0 fully saturated rings. The first-order valence-corrected chi connectivity index (χ1v) is 10.6. The predicted molar refractivity (Wildman–Crippen MR) is 123 cm³/mol. The molecular weight excluding hydrogens is 441 g/mol. The van der Waals surface area contributed by atoms with E-state index in [1.54, 1.807) is 0 Å². The Morgan fingerprint density at radius 1 is 1.03 bits per heavy atom. The average molecular weight is 473 g/mol. The molecule has 0 amide bonds. The molecule has 32 heavy (non-hydrogen) atoms. The van der Waals surface area contributed by atoms with Crippen LogP contribution in [0.3, 0.4) is 0 Å². The fraction of sp³-hybridized carbons (Fsp3) is 0.458. The largest absolute Gasteiger partial charge is 0.490 e. The van der Waals surface area contributed by atoms with Crippen molar-refractivity contribution < 1.29 is 23.1 Å². The minimum Gasteiger partial charge on any atom is -0.475 e. The normalized spacial score (nSPS) is 11.8. The van der Waals surface area contributed by atoms with Gasteiger partial charge in [0.2, 0.25) is 0 Å². The van der Waals surface area contributed by atoms with Crippen LogP contribution in [0, 0.1) is 26.2 Å². The van der Waals surface area contributed by atoms with E-state index >= 15 is 0 Å². The van der Waals surface area contributed by atoms with Crippen molar-refractivity contribution in [1.29, 1.82) is 0 Å². The summed E-state index contributed by atoms with van der Waals surface area (Å²) in [5.74, 6) is -2.76. The fourth-order valence-electron chi connectivity index (χ4n) is 3.37. The van der Waals surface area contributed by atoms with Gasteiger partial charge >= 0.3 is 12.1 Å². The van der Waals surface area contributed by atoms with E-state index in [0.717, 1.165) is 24.7 Å². The lowest BCUT2D eigenvalue weighted by Crippen LogP contribution is -2.38. The number of carbonyl (C=O) groups is 1. The van der Waals surface area contributed by atoms with Crippen LogP contribution >= 0.6 is 11.6 Å². The van der Waals surface area contributed by atoms with Crippen LogP contribution in [0.5, 0.6) is 0 Å². The third-order valence-corrected chi connectivity index (χ3v) is 5.24. The van der Waals surface area contributed by atoms with Crippen LogP contribution in [-0.4, -0.2) is 35.2 Å². The van der Waals surface area contributed by atoms with Gasteiger partial charge in [-0.1, -0.05) is 55.3 Å². The quantitative estimate of drug-likeness (QED) is 0.527. The highest BCUT2D eigenvalue weighted by molar-refractivity contribution is 6.30. The molecule has 8 heteroatoms. The minimum absolute atomic E-state index is 0.0823. The fourth-order valence-corrected chi connectivity index (χ4v) is 3.49. The molecule has 3 N–H and O–H groups in total. The van der Waals surface area contributed by atoms with Crippen molar-refractivity contribution in [3.05, 3.63) is 69.2 Å². The molecule has 0 unspecified atom stereocenters. The number of hydrogen-bond donors (Lipinski definition) is 2. The number of alkyl halides is 3. The molecule has 0 bridgehead atoms. The maximum Gasteiger partial charge on any atom is 0.490 e. The van der Waals surface area contributed by atoms with E-state index in [4.69, 9.17) is 27.2 Å². The maximum absolute atomic E-state index is 10.6. The Balaban J connectivity index is 0.000000633. The first-order chi connectivity index (χ1) is 14.6. The summed E-state index contributed by atoms with van der Waals surface area (Å²) < 4.78 is 31.7. The number of aliphatic carboxylic acids is 1. The topological polar surface area (TPSA) is 66.6 Å². The zero-order valence-corrected chi connectivity index (χ0v) is 19.9. The van der Waals surface area contributed by atoms with Gasteiger partial charge in [0, 0.05) is 24.7 Å². The molecule has 0 heterocycles. The van der Waals surface area contributed by atoms with Gasteiger partial charge in [0.05, 0.1) is 0 Å². The van der Waals surface area contributed by atoms with Gasteiger partial charge in [-0.3, -0.25) is 4.90 Å². The van der Waals surface area contributed by atoms with Crippen LogP contribution in [0.25, 0.3) is 0 Å². The summed E-state index contributed by atoms with van der Waals surface area (Å²) in [5.41, 5.74) is 12.8. The highest BCUT2D eigenvalue weighted by Gasteiger charge is 2.38. The average Bonchev–Trinajstić information content (AvgIpc) is 2.66. The van der Waals surface area contributed by atoms with Crippen molar-refractivity contribution in [1.82, 2.24) is 4.90 Å². The van der Waals surface area contributed by atoms with Crippen LogP contribution in [0.2, 0.25) is 5.02 Å². The number of halogens is 4. The Hall–Kier alpha value is -2.09. The lowest BCUT2D eigenvalue weighted by molar-refractivity contribution is -0.192. The SMILES string of the molecule is Cc1cc(C)c(CN(Cc2ccc(Cl)cc2)CC(C)(C)CN)c(C)c1.O=C(O)C(F)(F)F. The van der Waals surface area contributed by atoms with Crippen LogP contribution < -0.4 is 5.73 Å². The molecule has 2 aromatic carbocycles. The van der Waals surface area contributed by atoms with Crippen molar-refractivity contribution in [3.63, 3.8) is 0 Å². The van der Waals surface area contributed by atoms with Gasteiger partial charge in [0.25, 0.3) is 0 Å². The van der Waals surface area contributed by atoms with Crippen molar-refractivity contribution in [2.75, 3.05) is 13.1 Å². The second-order valence-electron chi connectivity index (χ2n) is 8.82. The zero-order valence-electron chi connectivity index (χ0n) is 19.2. The molecule has 2 aromatic rings. The van der Waals surface area contributed by atoms with Crippen LogP contribution in [0.4, 0.5) is 13.2 Å². The van der Waals surface area contributed by atoms with E-state index in [1.165, 1.54) is 27.8 Å². The molecular formula is C24H32ClF3N2O2. The maximum atomic E-state index is 10.6. The van der Waals surface area contributed by atoms with Gasteiger partial charge in [-0.25, -0.2) is 4.79 Å². The summed E-state index contributed by atoms with van der Waals surface area (Å²) in [7, 11) is 0. The molecule has 0 aromatic heterocycles. The number of aryl methyl sites for hydroxylation is 3. The summed E-state index contributed by atoms with van der Waals surface area (Å²) in [6, 6.07) is 12.7.